The maximum Gasteiger partial charge on any atom is 0.221 e. The average Bonchev–Trinajstić information content (AvgIpc) is 3.40. The molecule has 0 aromatic carbocycles. The van der Waals surface area contributed by atoms with Gasteiger partial charge in [-0.05, 0) is 45.1 Å². The Morgan fingerprint density at radius 3 is 0.838 bits per heavy atom. The Balaban J connectivity index is 5.16. The van der Waals surface area contributed by atoms with E-state index >= 15 is 0 Å². The van der Waals surface area contributed by atoms with Crippen molar-refractivity contribution in [3.8, 4) is 0 Å². The van der Waals surface area contributed by atoms with Gasteiger partial charge in [0.1, 0.15) is 0 Å². The first-order valence-corrected chi connectivity index (χ1v) is 32.6. The van der Waals surface area contributed by atoms with E-state index < -0.39 is 0 Å². The van der Waals surface area contributed by atoms with Crippen molar-refractivity contribution in [1.82, 2.24) is 36.4 Å². The van der Waals surface area contributed by atoms with E-state index in [4.69, 9.17) is 0 Å². The molecule has 438 valence electrons. The van der Waals surface area contributed by atoms with Crippen LogP contribution in [0.4, 0.5) is 0 Å². The molecule has 11 heteroatoms. The van der Waals surface area contributed by atoms with Crippen LogP contribution in [0.2, 0.25) is 0 Å². The summed E-state index contributed by atoms with van der Waals surface area (Å²) in [5.74, 6) is 0.519. The van der Waals surface area contributed by atoms with Crippen LogP contribution in [-0.2, 0) is 19.2 Å². The molecule has 0 heterocycles. The Labute approximate surface area is 459 Å². The van der Waals surface area contributed by atoms with Crippen molar-refractivity contribution in [2.45, 2.75) is 304 Å². The molecule has 0 rings (SSSR count). The molecule has 5 N–H and O–H groups in total. The second-order valence-corrected chi connectivity index (χ2v) is 22.2. The first-order chi connectivity index (χ1) is 36.4. The van der Waals surface area contributed by atoms with E-state index in [1.807, 2.05) is 0 Å². The molecule has 0 spiro atoms. The smallest absolute Gasteiger partial charge is 0.221 e. The van der Waals surface area contributed by atoms with E-state index in [9.17, 15) is 19.2 Å². The standard InChI is InChI=1S/C63H127N7O4/c1-5-9-13-17-21-25-29-33-39-48-65-60(71)44-38-37-43-54-69(55-46-62(73)67-50-41-35-31-27-23-19-15-11-7-3)58-59-70(56-47-63(74)68-51-42-36-32-28-24-20-16-12-8-4)57-53-64-52-45-61(72)66-49-40-34-30-26-22-18-14-10-6-2/h64H,5-59H2,1-4H3,(H,65,71)(H,66,72)(H,67,73)(H,68,74). The molecule has 0 radical (unpaired) electrons. The largest absolute Gasteiger partial charge is 0.356 e. The first-order valence-electron chi connectivity index (χ1n) is 32.6. The molecule has 0 aromatic heterocycles. The zero-order chi connectivity index (χ0) is 53.9. The summed E-state index contributed by atoms with van der Waals surface area (Å²) in [6.45, 7) is 18.1. The van der Waals surface area contributed by atoms with Crippen LogP contribution in [0.5, 0.6) is 0 Å². The van der Waals surface area contributed by atoms with Crippen molar-refractivity contribution in [3.05, 3.63) is 0 Å². The predicted octanol–water partition coefficient (Wildman–Crippen LogP) is 14.5. The fourth-order valence-electron chi connectivity index (χ4n) is 9.84. The zero-order valence-corrected chi connectivity index (χ0v) is 49.9. The SMILES string of the molecule is CCCCCCCCCCCNC(=O)CCCCCN(CCC(=O)NCCCCCCCCCCC)CCN(CCNCCC(=O)NCCCCCCCCCCC)CCC(=O)NCCCCCCCCCCC. The van der Waals surface area contributed by atoms with Crippen molar-refractivity contribution >= 4 is 23.6 Å². The van der Waals surface area contributed by atoms with Crippen LogP contribution in [0.1, 0.15) is 304 Å². The Bertz CT molecular complexity index is 1120. The number of carbonyl (C=O) groups is 4. The van der Waals surface area contributed by atoms with Crippen molar-refractivity contribution in [2.75, 3.05) is 78.5 Å². The van der Waals surface area contributed by atoms with Gasteiger partial charge in [-0.1, -0.05) is 240 Å². The van der Waals surface area contributed by atoms with Gasteiger partial charge in [-0.15, -0.1) is 0 Å². The van der Waals surface area contributed by atoms with Crippen LogP contribution in [-0.4, -0.2) is 112 Å². The average molecular weight is 1050 g/mol. The molecule has 4 amide bonds. The van der Waals surface area contributed by atoms with Crippen LogP contribution in [0.25, 0.3) is 0 Å². The van der Waals surface area contributed by atoms with E-state index in [-0.39, 0.29) is 23.6 Å². The summed E-state index contributed by atoms with van der Waals surface area (Å²) in [4.78, 5) is 56.2. The summed E-state index contributed by atoms with van der Waals surface area (Å²) in [5, 5.41) is 16.2. The van der Waals surface area contributed by atoms with Crippen molar-refractivity contribution in [1.29, 1.82) is 0 Å². The van der Waals surface area contributed by atoms with Gasteiger partial charge < -0.3 is 36.4 Å². The Kier molecular flexibility index (Phi) is 58.2. The highest BCUT2D eigenvalue weighted by Gasteiger charge is 2.14. The van der Waals surface area contributed by atoms with Gasteiger partial charge in [-0.3, -0.25) is 19.2 Å². The Morgan fingerprint density at radius 2 is 0.500 bits per heavy atom. The number of nitrogens with one attached hydrogen (secondary N) is 5. The maximum atomic E-state index is 13.1. The van der Waals surface area contributed by atoms with Crippen LogP contribution < -0.4 is 26.6 Å². The molecule has 0 aliphatic carbocycles. The highest BCUT2D eigenvalue weighted by atomic mass is 16.2. The molecule has 0 atom stereocenters. The molecule has 0 fully saturated rings. The first kappa shape index (κ1) is 71.8. The van der Waals surface area contributed by atoms with Crippen molar-refractivity contribution in [2.24, 2.45) is 0 Å². The number of carbonyl (C=O) groups excluding carboxylic acids is 4. The number of unbranched alkanes of at least 4 members (excludes halogenated alkanes) is 34. The lowest BCUT2D eigenvalue weighted by Crippen LogP contribution is -2.42. The van der Waals surface area contributed by atoms with Gasteiger partial charge in [0.25, 0.3) is 0 Å². The minimum absolute atomic E-state index is 0.111. The molecule has 0 unspecified atom stereocenters. The van der Waals surface area contributed by atoms with Gasteiger partial charge in [0.15, 0.2) is 0 Å². The molecule has 74 heavy (non-hydrogen) atoms. The lowest BCUT2D eigenvalue weighted by Gasteiger charge is -2.28. The van der Waals surface area contributed by atoms with Gasteiger partial charge >= 0.3 is 0 Å². The molecule has 0 saturated heterocycles. The summed E-state index contributed by atoms with van der Waals surface area (Å²) in [6.07, 6.45) is 50.6. The summed E-state index contributed by atoms with van der Waals surface area (Å²) >= 11 is 0. The highest BCUT2D eigenvalue weighted by molar-refractivity contribution is 5.77. The molecule has 0 saturated carbocycles. The quantitative estimate of drug-likeness (QED) is 0.0383. The summed E-state index contributed by atoms with van der Waals surface area (Å²) in [5.41, 5.74) is 0. The van der Waals surface area contributed by atoms with Gasteiger partial charge in [0.05, 0.1) is 0 Å². The number of hydrogen-bond acceptors (Lipinski definition) is 7. The third kappa shape index (κ3) is 56.0. The summed E-state index contributed by atoms with van der Waals surface area (Å²) in [6, 6.07) is 0. The van der Waals surface area contributed by atoms with Gasteiger partial charge in [-0.25, -0.2) is 0 Å². The molecular formula is C63H127N7O4. The van der Waals surface area contributed by atoms with Crippen LogP contribution >= 0.6 is 0 Å². The Morgan fingerprint density at radius 1 is 0.230 bits per heavy atom. The van der Waals surface area contributed by atoms with Crippen molar-refractivity contribution < 1.29 is 19.2 Å². The van der Waals surface area contributed by atoms with Crippen LogP contribution in [0, 0.1) is 0 Å². The van der Waals surface area contributed by atoms with E-state index in [2.05, 4.69) is 64.1 Å². The predicted molar refractivity (Wildman–Crippen MR) is 319 cm³/mol. The lowest BCUT2D eigenvalue weighted by molar-refractivity contribution is -0.122. The second-order valence-electron chi connectivity index (χ2n) is 22.2. The minimum Gasteiger partial charge on any atom is -0.356 e. The highest BCUT2D eigenvalue weighted by Crippen LogP contribution is 2.13. The van der Waals surface area contributed by atoms with E-state index in [0.717, 1.165) is 104 Å². The molecule has 11 nitrogen and oxygen atoms in total. The third-order valence-corrected chi connectivity index (χ3v) is 15.0. The molecule has 0 bridgehead atoms. The number of hydrogen-bond donors (Lipinski definition) is 5. The second kappa shape index (κ2) is 60.0. The van der Waals surface area contributed by atoms with E-state index in [0.29, 0.717) is 45.3 Å². The fraction of sp³-hybridized carbons (Fsp3) is 0.937. The van der Waals surface area contributed by atoms with Gasteiger partial charge in [0, 0.05) is 97.7 Å². The third-order valence-electron chi connectivity index (χ3n) is 15.0. The normalized spacial score (nSPS) is 11.5. The van der Waals surface area contributed by atoms with E-state index in [1.54, 1.807) is 0 Å². The van der Waals surface area contributed by atoms with Crippen LogP contribution in [0.3, 0.4) is 0 Å². The molecule has 0 aromatic rings. The van der Waals surface area contributed by atoms with Crippen molar-refractivity contribution in [3.63, 3.8) is 0 Å². The number of nitrogens with zero attached hydrogens (tertiary/aromatic N) is 2. The number of rotatable bonds is 61. The molecule has 0 aliphatic rings. The maximum absolute atomic E-state index is 13.1. The Hall–Kier alpha value is -2.24. The molecular weight excluding hydrogens is 919 g/mol. The fourth-order valence-corrected chi connectivity index (χ4v) is 9.84. The topological polar surface area (TPSA) is 135 Å². The number of amides is 4. The van der Waals surface area contributed by atoms with Crippen LogP contribution in [0.15, 0.2) is 0 Å². The molecule has 0 aliphatic heterocycles. The zero-order valence-electron chi connectivity index (χ0n) is 49.9. The van der Waals surface area contributed by atoms with Gasteiger partial charge in [0.2, 0.25) is 23.6 Å². The minimum atomic E-state index is 0.111. The summed E-state index contributed by atoms with van der Waals surface area (Å²) in [7, 11) is 0. The van der Waals surface area contributed by atoms with Gasteiger partial charge in [-0.2, -0.15) is 0 Å². The monoisotopic (exact) mass is 1050 g/mol. The van der Waals surface area contributed by atoms with E-state index in [1.165, 1.54) is 205 Å². The summed E-state index contributed by atoms with van der Waals surface area (Å²) < 4.78 is 0. The lowest BCUT2D eigenvalue weighted by atomic mass is 10.1.